The number of hydrogen-bond donors (Lipinski definition) is 1. The van der Waals surface area contributed by atoms with Gasteiger partial charge >= 0.3 is 18.3 Å². The average Bonchev–Trinajstić information content (AvgIpc) is 2.32. The molecule has 0 saturated heterocycles. The van der Waals surface area contributed by atoms with Crippen LogP contribution in [0.2, 0.25) is 0 Å². The average molecular weight is 320 g/mol. The lowest BCUT2D eigenvalue weighted by atomic mass is 10.0. The van der Waals surface area contributed by atoms with E-state index in [1.807, 2.05) is 0 Å². The quantitative estimate of drug-likeness (QED) is 0.791. The Morgan fingerprint density at radius 3 is 2.05 bits per heavy atom. The highest BCUT2D eigenvalue weighted by molar-refractivity contribution is 5.90. The lowest BCUT2D eigenvalue weighted by Crippen LogP contribution is -2.21. The van der Waals surface area contributed by atoms with Crippen molar-refractivity contribution in [3.8, 4) is 0 Å². The summed E-state index contributed by atoms with van der Waals surface area (Å²) in [5.41, 5.74) is -0.650. The third-order valence-electron chi connectivity index (χ3n) is 2.27. The molecule has 1 N–H and O–H groups in total. The van der Waals surface area contributed by atoms with Crippen LogP contribution < -0.4 is 0 Å². The van der Waals surface area contributed by atoms with Crippen molar-refractivity contribution >= 4 is 5.97 Å². The highest BCUT2D eigenvalue weighted by Crippen LogP contribution is 2.29. The zero-order chi connectivity index (χ0) is 16.3. The highest BCUT2D eigenvalue weighted by atomic mass is 19.4. The van der Waals surface area contributed by atoms with Crippen LogP contribution in [0.5, 0.6) is 0 Å². The fraction of sp³-hybridized carbons (Fsp3) is 0.545. The first kappa shape index (κ1) is 17.2. The van der Waals surface area contributed by atoms with E-state index < -0.39 is 42.9 Å². The lowest BCUT2D eigenvalue weighted by Gasteiger charge is -2.20. The molecule has 1 rings (SSSR count). The van der Waals surface area contributed by atoms with Gasteiger partial charge in [0.1, 0.15) is 11.3 Å². The molecule has 1 aliphatic carbocycles. The number of halogens is 6. The maximum atomic E-state index is 12.0. The lowest BCUT2D eigenvalue weighted by molar-refractivity contribution is -0.168. The van der Waals surface area contributed by atoms with Crippen LogP contribution in [0, 0.1) is 0 Å². The van der Waals surface area contributed by atoms with Gasteiger partial charge in [0.2, 0.25) is 0 Å². The van der Waals surface area contributed by atoms with Crippen molar-refractivity contribution in [2.24, 2.45) is 0 Å². The predicted molar refractivity (Wildman–Crippen MR) is 56.0 cm³/mol. The van der Waals surface area contributed by atoms with E-state index in [1.165, 1.54) is 0 Å². The summed E-state index contributed by atoms with van der Waals surface area (Å²) in [6.45, 7) is -3.28. The van der Waals surface area contributed by atoms with Gasteiger partial charge in [0.05, 0.1) is 5.76 Å². The van der Waals surface area contributed by atoms with E-state index in [0.717, 1.165) is 6.08 Å². The van der Waals surface area contributed by atoms with Crippen LogP contribution in [0.25, 0.3) is 0 Å². The van der Waals surface area contributed by atoms with E-state index in [4.69, 9.17) is 5.11 Å². The third kappa shape index (κ3) is 6.41. The van der Waals surface area contributed by atoms with Crippen LogP contribution in [0.3, 0.4) is 0 Å². The summed E-state index contributed by atoms with van der Waals surface area (Å²) in [4.78, 5) is 10.9. The number of rotatable bonds is 5. The first-order chi connectivity index (χ1) is 9.48. The van der Waals surface area contributed by atoms with Crippen molar-refractivity contribution in [2.75, 3.05) is 13.2 Å². The second-order valence-electron chi connectivity index (χ2n) is 4.06. The predicted octanol–water partition coefficient (Wildman–Crippen LogP) is 3.16. The van der Waals surface area contributed by atoms with Gasteiger partial charge in [-0.1, -0.05) is 0 Å². The Kier molecular flexibility index (Phi) is 5.13. The van der Waals surface area contributed by atoms with Gasteiger partial charge in [-0.05, 0) is 6.08 Å². The van der Waals surface area contributed by atoms with E-state index in [1.54, 1.807) is 0 Å². The van der Waals surface area contributed by atoms with Crippen LogP contribution in [0.4, 0.5) is 26.3 Å². The number of carboxylic acids is 1. The van der Waals surface area contributed by atoms with Gasteiger partial charge in [-0.15, -0.1) is 0 Å². The van der Waals surface area contributed by atoms with Crippen molar-refractivity contribution in [1.82, 2.24) is 0 Å². The molecule has 0 unspecified atom stereocenters. The summed E-state index contributed by atoms with van der Waals surface area (Å²) < 4.78 is 80.7. The number of ether oxygens (including phenoxy) is 2. The molecular weight excluding hydrogens is 310 g/mol. The van der Waals surface area contributed by atoms with Crippen molar-refractivity contribution in [1.29, 1.82) is 0 Å². The fourth-order valence-corrected chi connectivity index (χ4v) is 1.47. The maximum absolute atomic E-state index is 12.0. The monoisotopic (exact) mass is 320 g/mol. The molecule has 0 bridgehead atoms. The minimum atomic E-state index is -4.65. The molecule has 1 aliphatic rings. The molecule has 4 nitrogen and oxygen atoms in total. The second-order valence-corrected chi connectivity index (χ2v) is 4.06. The zero-order valence-electron chi connectivity index (χ0n) is 10.3. The SMILES string of the molecule is O=C(O)C1=C(OCC(F)(F)F)CCC(OCC(F)(F)F)=C1. The number of aliphatic carboxylic acids is 1. The minimum absolute atomic E-state index is 0.181. The summed E-state index contributed by atoms with van der Waals surface area (Å²) in [6.07, 6.45) is -8.97. The van der Waals surface area contributed by atoms with Crippen molar-refractivity contribution in [3.63, 3.8) is 0 Å². The molecule has 0 amide bonds. The fourth-order valence-electron chi connectivity index (χ4n) is 1.47. The molecule has 0 fully saturated rings. The van der Waals surface area contributed by atoms with Crippen LogP contribution >= 0.6 is 0 Å². The number of carbonyl (C=O) groups is 1. The third-order valence-corrected chi connectivity index (χ3v) is 2.27. The van der Waals surface area contributed by atoms with Crippen LogP contribution in [0.15, 0.2) is 23.2 Å². The normalized spacial score (nSPS) is 16.6. The summed E-state index contributed by atoms with van der Waals surface area (Å²) in [5.74, 6) is -2.33. The van der Waals surface area contributed by atoms with E-state index in [0.29, 0.717) is 0 Å². The molecule has 0 heterocycles. The minimum Gasteiger partial charge on any atom is -0.488 e. The molecule has 0 spiro atoms. The number of hydrogen-bond acceptors (Lipinski definition) is 3. The Hall–Kier alpha value is -1.87. The Morgan fingerprint density at radius 1 is 1.05 bits per heavy atom. The zero-order valence-corrected chi connectivity index (χ0v) is 10.3. The molecule has 0 atom stereocenters. The summed E-state index contributed by atoms with van der Waals surface area (Å²) in [6, 6.07) is 0. The summed E-state index contributed by atoms with van der Waals surface area (Å²) >= 11 is 0. The first-order valence-corrected chi connectivity index (χ1v) is 5.54. The van der Waals surface area contributed by atoms with Crippen LogP contribution in [-0.4, -0.2) is 36.6 Å². The Labute approximate surface area is 114 Å². The highest BCUT2D eigenvalue weighted by Gasteiger charge is 2.32. The Bertz CT molecular complexity index is 460. The van der Waals surface area contributed by atoms with Crippen molar-refractivity contribution in [2.45, 2.75) is 25.2 Å². The molecule has 0 saturated carbocycles. The largest absolute Gasteiger partial charge is 0.488 e. The van der Waals surface area contributed by atoms with Gasteiger partial charge in [0.15, 0.2) is 13.2 Å². The molecule has 0 radical (unpaired) electrons. The van der Waals surface area contributed by atoms with E-state index >= 15 is 0 Å². The van der Waals surface area contributed by atoms with Crippen LogP contribution in [0.1, 0.15) is 12.8 Å². The molecule has 0 aromatic rings. The molecule has 0 aliphatic heterocycles. The molecular formula is C11H10F6O4. The first-order valence-electron chi connectivity index (χ1n) is 5.54. The van der Waals surface area contributed by atoms with Gasteiger partial charge in [0.25, 0.3) is 0 Å². The van der Waals surface area contributed by atoms with Gasteiger partial charge in [0, 0.05) is 12.8 Å². The van der Waals surface area contributed by atoms with Gasteiger partial charge < -0.3 is 14.6 Å². The standard InChI is InChI=1S/C11H10F6O4/c12-10(13,14)4-20-6-1-2-8(7(3-6)9(18)19)21-5-11(15,16)17/h3H,1-2,4-5H2,(H,18,19). The van der Waals surface area contributed by atoms with Gasteiger partial charge in [-0.2, -0.15) is 26.3 Å². The van der Waals surface area contributed by atoms with E-state index in [2.05, 4.69) is 9.47 Å². The number of alkyl halides is 6. The molecule has 0 aromatic heterocycles. The Balaban J connectivity index is 2.81. The summed E-state index contributed by atoms with van der Waals surface area (Å²) in [7, 11) is 0. The van der Waals surface area contributed by atoms with E-state index in [9.17, 15) is 31.1 Å². The molecule has 10 heteroatoms. The van der Waals surface area contributed by atoms with Gasteiger partial charge in [-0.3, -0.25) is 0 Å². The number of carboxylic acid groups (broad SMARTS) is 1. The maximum Gasteiger partial charge on any atom is 0.422 e. The second kappa shape index (κ2) is 6.27. The van der Waals surface area contributed by atoms with Gasteiger partial charge in [-0.25, -0.2) is 4.79 Å². The number of allylic oxidation sites excluding steroid dienone is 2. The van der Waals surface area contributed by atoms with Crippen LogP contribution in [-0.2, 0) is 14.3 Å². The van der Waals surface area contributed by atoms with Crippen molar-refractivity contribution in [3.05, 3.63) is 23.2 Å². The molecule has 0 aromatic carbocycles. The van der Waals surface area contributed by atoms with Crippen molar-refractivity contribution < 1.29 is 45.7 Å². The van der Waals surface area contributed by atoms with E-state index in [-0.39, 0.29) is 18.6 Å². The smallest absolute Gasteiger partial charge is 0.422 e. The Morgan fingerprint density at radius 2 is 1.57 bits per heavy atom. The topological polar surface area (TPSA) is 55.8 Å². The molecule has 120 valence electrons. The molecule has 21 heavy (non-hydrogen) atoms. The summed E-state index contributed by atoms with van der Waals surface area (Å²) in [5, 5.41) is 8.84.